The molecular formula is C9H17ClN2O2S. The Bertz CT molecular complexity index is 224. The van der Waals surface area contributed by atoms with E-state index in [0.29, 0.717) is 12.5 Å². The summed E-state index contributed by atoms with van der Waals surface area (Å²) in [5.41, 5.74) is 0. The Morgan fingerprint density at radius 2 is 2.00 bits per heavy atom. The van der Waals surface area contributed by atoms with Crippen LogP contribution in [0.15, 0.2) is 0 Å². The second kappa shape index (κ2) is 7.82. The Hall–Kier alpha value is -0.420. The van der Waals surface area contributed by atoms with Crippen molar-refractivity contribution in [1.82, 2.24) is 10.6 Å². The summed E-state index contributed by atoms with van der Waals surface area (Å²) in [5.74, 6) is 0.876. The third-order valence-electron chi connectivity index (χ3n) is 1.66. The number of hydrogen-bond acceptors (Lipinski definition) is 3. The number of halogens is 1. The van der Waals surface area contributed by atoms with Gasteiger partial charge in [-0.2, -0.15) is 11.8 Å². The number of amides is 3. The van der Waals surface area contributed by atoms with Crippen LogP contribution in [0.5, 0.6) is 0 Å². The average molecular weight is 253 g/mol. The van der Waals surface area contributed by atoms with Crippen molar-refractivity contribution >= 4 is 35.3 Å². The Labute approximate surface area is 99.5 Å². The third-order valence-corrected chi connectivity index (χ3v) is 2.76. The van der Waals surface area contributed by atoms with Crippen LogP contribution in [0.2, 0.25) is 0 Å². The van der Waals surface area contributed by atoms with E-state index >= 15 is 0 Å². The van der Waals surface area contributed by atoms with E-state index in [1.165, 1.54) is 6.92 Å². The minimum Gasteiger partial charge on any atom is -0.337 e. The lowest BCUT2D eigenvalue weighted by Gasteiger charge is -2.11. The zero-order valence-corrected chi connectivity index (χ0v) is 10.7. The minimum atomic E-state index is -0.695. The van der Waals surface area contributed by atoms with Crippen molar-refractivity contribution in [3.8, 4) is 0 Å². The van der Waals surface area contributed by atoms with Crippen LogP contribution in [0.3, 0.4) is 0 Å². The van der Waals surface area contributed by atoms with E-state index in [2.05, 4.69) is 10.6 Å². The van der Waals surface area contributed by atoms with Gasteiger partial charge in [-0.05, 0) is 24.9 Å². The first kappa shape index (κ1) is 14.6. The normalized spacial score (nSPS) is 14.1. The number of imide groups is 1. The summed E-state index contributed by atoms with van der Waals surface area (Å²) in [5, 5.41) is 4.06. The molecule has 0 saturated heterocycles. The lowest BCUT2D eigenvalue weighted by atomic mass is 10.2. The molecule has 3 amide bonds. The maximum atomic E-state index is 11.2. The molecule has 0 saturated carbocycles. The van der Waals surface area contributed by atoms with E-state index in [1.54, 1.807) is 11.8 Å². The molecule has 4 nitrogen and oxygen atoms in total. The second-order valence-corrected chi connectivity index (χ2v) is 4.94. The van der Waals surface area contributed by atoms with Crippen molar-refractivity contribution in [2.75, 3.05) is 18.6 Å². The predicted molar refractivity (Wildman–Crippen MR) is 64.4 cm³/mol. The quantitative estimate of drug-likeness (QED) is 0.728. The van der Waals surface area contributed by atoms with Crippen LogP contribution in [-0.2, 0) is 4.79 Å². The number of hydrogen-bond donors (Lipinski definition) is 2. The Morgan fingerprint density at radius 3 is 2.47 bits per heavy atom. The SMILES string of the molecule is CSCC(C)CNC(=O)NC(=O)C(C)Cl. The molecule has 0 aliphatic carbocycles. The van der Waals surface area contributed by atoms with Gasteiger partial charge in [-0.1, -0.05) is 6.92 Å². The first-order valence-electron chi connectivity index (χ1n) is 4.69. The smallest absolute Gasteiger partial charge is 0.321 e. The lowest BCUT2D eigenvalue weighted by Crippen LogP contribution is -2.43. The molecule has 2 N–H and O–H groups in total. The monoisotopic (exact) mass is 252 g/mol. The second-order valence-electron chi connectivity index (χ2n) is 3.38. The minimum absolute atomic E-state index is 0.384. The highest BCUT2D eigenvalue weighted by molar-refractivity contribution is 7.98. The van der Waals surface area contributed by atoms with Gasteiger partial charge in [0.2, 0.25) is 5.91 Å². The predicted octanol–water partition coefficient (Wildman–Crippen LogP) is 1.44. The fraction of sp³-hybridized carbons (Fsp3) is 0.778. The van der Waals surface area contributed by atoms with E-state index in [0.717, 1.165) is 5.75 Å². The van der Waals surface area contributed by atoms with Crippen LogP contribution in [0.25, 0.3) is 0 Å². The summed E-state index contributed by atoms with van der Waals surface area (Å²) in [4.78, 5) is 22.2. The van der Waals surface area contributed by atoms with E-state index < -0.39 is 17.3 Å². The Morgan fingerprint density at radius 1 is 1.40 bits per heavy atom. The molecule has 0 aromatic heterocycles. The number of urea groups is 1. The van der Waals surface area contributed by atoms with E-state index in [-0.39, 0.29) is 0 Å². The van der Waals surface area contributed by atoms with Crippen LogP contribution in [0.4, 0.5) is 4.79 Å². The molecule has 0 fully saturated rings. The number of thioether (sulfide) groups is 1. The van der Waals surface area contributed by atoms with Crippen molar-refractivity contribution in [2.45, 2.75) is 19.2 Å². The molecular weight excluding hydrogens is 236 g/mol. The third kappa shape index (κ3) is 7.50. The van der Waals surface area contributed by atoms with Gasteiger partial charge in [-0.3, -0.25) is 10.1 Å². The Kier molecular flexibility index (Phi) is 7.60. The molecule has 2 unspecified atom stereocenters. The van der Waals surface area contributed by atoms with E-state index in [4.69, 9.17) is 11.6 Å². The molecule has 0 aromatic rings. The van der Waals surface area contributed by atoms with Crippen molar-refractivity contribution < 1.29 is 9.59 Å². The molecule has 0 radical (unpaired) electrons. The van der Waals surface area contributed by atoms with Gasteiger partial charge in [0.05, 0.1) is 0 Å². The molecule has 0 aromatic carbocycles. The first-order chi connectivity index (χ1) is 6.97. The average Bonchev–Trinajstić information content (AvgIpc) is 2.15. The van der Waals surface area contributed by atoms with Gasteiger partial charge >= 0.3 is 6.03 Å². The largest absolute Gasteiger partial charge is 0.337 e. The van der Waals surface area contributed by atoms with Gasteiger partial charge in [-0.15, -0.1) is 11.6 Å². The fourth-order valence-corrected chi connectivity index (χ4v) is 1.61. The van der Waals surface area contributed by atoms with Gasteiger partial charge in [0.15, 0.2) is 0 Å². The molecule has 88 valence electrons. The fourth-order valence-electron chi connectivity index (χ4n) is 0.866. The highest BCUT2D eigenvalue weighted by Gasteiger charge is 2.12. The zero-order valence-electron chi connectivity index (χ0n) is 9.17. The first-order valence-corrected chi connectivity index (χ1v) is 6.52. The van der Waals surface area contributed by atoms with Crippen molar-refractivity contribution in [2.24, 2.45) is 5.92 Å². The highest BCUT2D eigenvalue weighted by Crippen LogP contribution is 2.02. The van der Waals surface area contributed by atoms with Crippen LogP contribution >= 0.6 is 23.4 Å². The number of rotatable bonds is 5. The lowest BCUT2D eigenvalue weighted by molar-refractivity contribution is -0.119. The molecule has 0 heterocycles. The maximum Gasteiger partial charge on any atom is 0.321 e. The highest BCUT2D eigenvalue weighted by atomic mass is 35.5. The van der Waals surface area contributed by atoms with E-state index in [9.17, 15) is 9.59 Å². The van der Waals surface area contributed by atoms with Crippen molar-refractivity contribution in [3.63, 3.8) is 0 Å². The van der Waals surface area contributed by atoms with Crippen LogP contribution < -0.4 is 10.6 Å². The summed E-state index contributed by atoms with van der Waals surface area (Å²) >= 11 is 7.21. The van der Waals surface area contributed by atoms with Crippen molar-refractivity contribution in [3.05, 3.63) is 0 Å². The summed E-state index contributed by atoms with van der Waals surface area (Å²) in [6.07, 6.45) is 2.01. The van der Waals surface area contributed by atoms with Gasteiger partial charge in [0, 0.05) is 6.54 Å². The summed E-state index contributed by atoms with van der Waals surface area (Å²) in [6.45, 7) is 4.10. The standard InChI is InChI=1S/C9H17ClN2O2S/c1-6(5-15-3)4-11-9(14)12-8(13)7(2)10/h6-7H,4-5H2,1-3H3,(H2,11,12,13,14). The van der Waals surface area contributed by atoms with Crippen molar-refractivity contribution in [1.29, 1.82) is 0 Å². The molecule has 2 atom stereocenters. The summed E-state index contributed by atoms with van der Waals surface area (Å²) < 4.78 is 0. The molecule has 0 spiro atoms. The molecule has 0 aliphatic heterocycles. The maximum absolute atomic E-state index is 11.2. The molecule has 0 bridgehead atoms. The molecule has 15 heavy (non-hydrogen) atoms. The molecule has 0 rings (SSSR count). The van der Waals surface area contributed by atoms with Crippen LogP contribution in [0.1, 0.15) is 13.8 Å². The van der Waals surface area contributed by atoms with Gasteiger partial charge in [-0.25, -0.2) is 4.79 Å². The zero-order chi connectivity index (χ0) is 11.8. The summed E-state index contributed by atoms with van der Waals surface area (Å²) in [7, 11) is 0. The van der Waals surface area contributed by atoms with Crippen LogP contribution in [0, 0.1) is 5.92 Å². The molecule has 6 heteroatoms. The van der Waals surface area contributed by atoms with E-state index in [1.807, 2.05) is 13.2 Å². The number of carbonyl (C=O) groups is 2. The number of nitrogens with one attached hydrogen (secondary N) is 2. The van der Waals surface area contributed by atoms with Gasteiger partial charge < -0.3 is 5.32 Å². The number of carbonyl (C=O) groups excluding carboxylic acids is 2. The number of alkyl halides is 1. The Balaban J connectivity index is 3.71. The van der Waals surface area contributed by atoms with Crippen LogP contribution in [-0.4, -0.2) is 35.9 Å². The topological polar surface area (TPSA) is 58.2 Å². The van der Waals surface area contributed by atoms with Gasteiger partial charge in [0.1, 0.15) is 5.38 Å². The van der Waals surface area contributed by atoms with Gasteiger partial charge in [0.25, 0.3) is 0 Å². The summed E-state index contributed by atoms with van der Waals surface area (Å²) in [6, 6.07) is -0.486. The molecule has 0 aliphatic rings.